The first-order valence-corrected chi connectivity index (χ1v) is 12.3. The summed E-state index contributed by atoms with van der Waals surface area (Å²) in [5.41, 5.74) is 1.90. The van der Waals surface area contributed by atoms with Gasteiger partial charge in [0.2, 0.25) is 19.4 Å². The molecule has 2 heterocycles. The third-order valence-corrected chi connectivity index (χ3v) is 7.83. The van der Waals surface area contributed by atoms with Gasteiger partial charge in [-0.25, -0.2) is 13.2 Å². The summed E-state index contributed by atoms with van der Waals surface area (Å²) in [6, 6.07) is 13.4. The quantitative estimate of drug-likeness (QED) is 0.402. The first kappa shape index (κ1) is 22.6. The smallest absolute Gasteiger partial charge is 0.343 e. The molecular formula is C22H18N4O5S2. The van der Waals surface area contributed by atoms with Gasteiger partial charge in [0, 0.05) is 0 Å². The van der Waals surface area contributed by atoms with E-state index in [0.29, 0.717) is 16.9 Å². The minimum absolute atomic E-state index is 0.0348. The number of aryl methyl sites for hydroxylation is 1. The molecule has 1 amide bonds. The zero-order chi connectivity index (χ0) is 23.8. The lowest BCUT2D eigenvalue weighted by Gasteiger charge is -2.20. The average molecular weight is 483 g/mol. The fourth-order valence-corrected chi connectivity index (χ4v) is 5.12. The third-order valence-electron chi connectivity index (χ3n) is 4.74. The second kappa shape index (κ2) is 8.75. The lowest BCUT2D eigenvalue weighted by atomic mass is 10.1. The van der Waals surface area contributed by atoms with Gasteiger partial charge in [-0.05, 0) is 54.6 Å². The number of amides is 1. The molecule has 2 aromatic carbocycles. The molecule has 33 heavy (non-hydrogen) atoms. The number of nitrogens with zero attached hydrogens (tertiary/aromatic N) is 3. The fraction of sp³-hybridized carbons (Fsp3) is 0.136. The first-order valence-electron chi connectivity index (χ1n) is 9.80. The molecule has 11 heteroatoms. The van der Waals surface area contributed by atoms with E-state index in [0.717, 1.165) is 22.3 Å². The average Bonchev–Trinajstić information content (AvgIpc) is 3.23. The van der Waals surface area contributed by atoms with Crippen LogP contribution in [-0.2, 0) is 14.6 Å². The molecule has 0 aromatic heterocycles. The number of carbonyl (C=O) groups is 2. The largest absolute Gasteiger partial charge is 0.423 e. The van der Waals surface area contributed by atoms with Crippen LogP contribution in [0.2, 0.25) is 0 Å². The molecule has 2 aliphatic rings. The Morgan fingerprint density at radius 1 is 1.21 bits per heavy atom. The summed E-state index contributed by atoms with van der Waals surface area (Å²) in [5.74, 6) is -1.25. The van der Waals surface area contributed by atoms with Crippen molar-refractivity contribution in [3.05, 3.63) is 70.8 Å². The van der Waals surface area contributed by atoms with Gasteiger partial charge >= 0.3 is 5.97 Å². The van der Waals surface area contributed by atoms with E-state index in [1.165, 1.54) is 13.0 Å². The number of thioether (sulfide) groups is 1. The summed E-state index contributed by atoms with van der Waals surface area (Å²) in [6.45, 7) is 3.37. The Hall–Kier alpha value is -3.57. The summed E-state index contributed by atoms with van der Waals surface area (Å²) in [6.07, 6.45) is 1.45. The van der Waals surface area contributed by atoms with Crippen LogP contribution in [0.15, 0.2) is 64.2 Å². The van der Waals surface area contributed by atoms with Gasteiger partial charge in [-0.15, -0.1) is 5.10 Å². The highest BCUT2D eigenvalue weighted by molar-refractivity contribution is 8.42. The van der Waals surface area contributed by atoms with Gasteiger partial charge in [0.15, 0.2) is 5.84 Å². The van der Waals surface area contributed by atoms with Gasteiger partial charge in [0.25, 0.3) is 5.91 Å². The zero-order valence-corrected chi connectivity index (χ0v) is 19.2. The molecule has 0 saturated carbocycles. The van der Waals surface area contributed by atoms with Gasteiger partial charge in [0.05, 0.1) is 16.9 Å². The minimum Gasteiger partial charge on any atom is -0.423 e. The van der Waals surface area contributed by atoms with E-state index in [1.807, 2.05) is 13.0 Å². The monoisotopic (exact) mass is 482 g/mol. The van der Waals surface area contributed by atoms with E-state index < -0.39 is 21.7 Å². The lowest BCUT2D eigenvalue weighted by Crippen LogP contribution is -2.35. The van der Waals surface area contributed by atoms with Crippen LogP contribution >= 0.6 is 11.8 Å². The molecule has 0 spiro atoms. The molecule has 2 aromatic rings. The number of amidine groups is 2. The molecule has 0 aliphatic carbocycles. The third kappa shape index (κ3) is 4.64. The van der Waals surface area contributed by atoms with E-state index in [1.54, 1.807) is 42.5 Å². The molecule has 0 atom stereocenters. The fourth-order valence-electron chi connectivity index (χ4n) is 2.96. The summed E-state index contributed by atoms with van der Waals surface area (Å²) < 4.78 is 29.3. The Kier molecular flexibility index (Phi) is 6.00. The molecule has 168 valence electrons. The number of hydrogen-bond donors (Lipinski definition) is 1. The zero-order valence-electron chi connectivity index (χ0n) is 17.6. The van der Waals surface area contributed by atoms with Crippen molar-refractivity contribution in [3.8, 4) is 5.75 Å². The summed E-state index contributed by atoms with van der Waals surface area (Å²) in [4.78, 5) is 28.6. The standard InChI is InChI=1S/C22H18N4O5S2/c1-3-33(29,30)22-25-26-18(23)17(19(27)24-21(26)32-22)12-14-7-9-16(10-8-14)31-20(28)15-6-4-5-13(2)11-15/h4-12,23H,3H2,1-2H3/b17-12-,23-18?. The van der Waals surface area contributed by atoms with Crippen molar-refractivity contribution in [2.45, 2.75) is 13.8 Å². The Bertz CT molecular complexity index is 1380. The highest BCUT2D eigenvalue weighted by Crippen LogP contribution is 2.30. The number of sulfone groups is 1. The van der Waals surface area contributed by atoms with Crippen LogP contribution in [0, 0.1) is 12.3 Å². The number of rotatable bonds is 4. The van der Waals surface area contributed by atoms with Crippen molar-refractivity contribution in [1.82, 2.24) is 5.01 Å². The lowest BCUT2D eigenvalue weighted by molar-refractivity contribution is -0.114. The summed E-state index contributed by atoms with van der Waals surface area (Å²) in [5, 5.41) is 13.4. The Labute approximate surface area is 194 Å². The van der Waals surface area contributed by atoms with Crippen LogP contribution in [0.3, 0.4) is 0 Å². The van der Waals surface area contributed by atoms with Crippen LogP contribution in [0.4, 0.5) is 0 Å². The van der Waals surface area contributed by atoms with Crippen LogP contribution in [0.5, 0.6) is 5.75 Å². The summed E-state index contributed by atoms with van der Waals surface area (Å²) >= 11 is 0.749. The molecule has 0 unspecified atom stereocenters. The predicted molar refractivity (Wildman–Crippen MR) is 127 cm³/mol. The Morgan fingerprint density at radius 3 is 2.61 bits per heavy atom. The van der Waals surface area contributed by atoms with Crippen molar-refractivity contribution in [3.63, 3.8) is 0 Å². The topological polar surface area (TPSA) is 129 Å². The second-order valence-electron chi connectivity index (χ2n) is 7.12. The molecule has 0 saturated heterocycles. The molecule has 0 fully saturated rings. The Balaban J connectivity index is 1.53. The number of carbonyl (C=O) groups excluding carboxylic acids is 2. The van der Waals surface area contributed by atoms with Gasteiger partial charge in [0.1, 0.15) is 5.75 Å². The van der Waals surface area contributed by atoms with Crippen LogP contribution in [0.25, 0.3) is 6.08 Å². The van der Waals surface area contributed by atoms with E-state index in [2.05, 4.69) is 10.1 Å². The second-order valence-corrected chi connectivity index (χ2v) is 10.5. The van der Waals surface area contributed by atoms with Crippen molar-refractivity contribution in [2.24, 2.45) is 10.1 Å². The van der Waals surface area contributed by atoms with Crippen LogP contribution in [-0.4, -0.2) is 46.4 Å². The minimum atomic E-state index is -3.59. The van der Waals surface area contributed by atoms with Gasteiger partial charge in [-0.3, -0.25) is 10.2 Å². The van der Waals surface area contributed by atoms with Gasteiger partial charge < -0.3 is 4.74 Å². The van der Waals surface area contributed by atoms with E-state index >= 15 is 0 Å². The first-order chi connectivity index (χ1) is 15.7. The molecule has 0 radical (unpaired) electrons. The normalized spacial score (nSPS) is 17.0. The van der Waals surface area contributed by atoms with Crippen molar-refractivity contribution < 1.29 is 22.7 Å². The number of fused-ring (bicyclic) bond motifs is 1. The number of hydrazone groups is 1. The highest BCUT2D eigenvalue weighted by Gasteiger charge is 2.39. The molecule has 1 N–H and O–H groups in total. The van der Waals surface area contributed by atoms with Gasteiger partial charge in [-0.2, -0.15) is 10.0 Å². The van der Waals surface area contributed by atoms with E-state index in [-0.39, 0.29) is 26.7 Å². The molecule has 9 nitrogen and oxygen atoms in total. The highest BCUT2D eigenvalue weighted by atomic mass is 32.3. The summed E-state index contributed by atoms with van der Waals surface area (Å²) in [7, 11) is -3.59. The number of aliphatic imine (C=N–C) groups is 1. The van der Waals surface area contributed by atoms with E-state index in [4.69, 9.17) is 10.1 Å². The molecular weight excluding hydrogens is 464 g/mol. The maximum atomic E-state index is 12.5. The van der Waals surface area contributed by atoms with Crippen molar-refractivity contribution in [2.75, 3.05) is 5.75 Å². The molecule has 0 bridgehead atoms. The molecule has 4 rings (SSSR count). The molecule has 2 aliphatic heterocycles. The number of benzene rings is 2. The van der Waals surface area contributed by atoms with Crippen molar-refractivity contribution >= 4 is 54.9 Å². The number of hydrogen-bond acceptors (Lipinski definition) is 8. The van der Waals surface area contributed by atoms with Crippen molar-refractivity contribution in [1.29, 1.82) is 5.41 Å². The SMILES string of the molecule is CCS(=O)(=O)C1=NN2C(=N)/C(=C/c3ccc(OC(=O)c4cccc(C)c4)cc3)C(=O)N=C2S1. The number of nitrogens with one attached hydrogen (secondary N) is 1. The van der Waals surface area contributed by atoms with Crippen LogP contribution < -0.4 is 4.74 Å². The van der Waals surface area contributed by atoms with E-state index in [9.17, 15) is 18.0 Å². The Morgan fingerprint density at radius 2 is 1.94 bits per heavy atom. The number of esters is 1. The number of ether oxygens (including phenoxy) is 1. The predicted octanol–water partition coefficient (Wildman–Crippen LogP) is 3.23. The maximum absolute atomic E-state index is 12.5. The van der Waals surface area contributed by atoms with Crippen LogP contribution in [0.1, 0.15) is 28.4 Å². The maximum Gasteiger partial charge on any atom is 0.343 e. The van der Waals surface area contributed by atoms with Gasteiger partial charge in [-0.1, -0.05) is 36.8 Å².